The molecule has 2 N–H and O–H groups in total. The summed E-state index contributed by atoms with van der Waals surface area (Å²) in [5.74, 6) is 50.1. The number of carbonyl (C=O) groups is 1. The van der Waals surface area contributed by atoms with Gasteiger partial charge in [-0.25, -0.2) is 0 Å². The Morgan fingerprint density at radius 3 is 1.52 bits per heavy atom. The van der Waals surface area contributed by atoms with Crippen molar-refractivity contribution in [3.05, 3.63) is 23.8 Å². The molecule has 0 saturated carbocycles. The largest absolute Gasteiger partial charge is 0.506 e. The van der Waals surface area contributed by atoms with Crippen LogP contribution in [0.2, 0.25) is 0 Å². The molecule has 0 unspecified atom stereocenters. The number of carbonyl (C=O) groups excluding carboxylic acids is 1. The van der Waals surface area contributed by atoms with Crippen LogP contribution in [0.1, 0.15) is 5.56 Å². The maximum absolute atomic E-state index is 11.7. The highest BCUT2D eigenvalue weighted by Crippen LogP contribution is 2.23. The smallest absolute Gasteiger partial charge is 0.301 e. The second kappa shape index (κ2) is 16.6. The summed E-state index contributed by atoms with van der Waals surface area (Å²) in [5, 5.41) is 12.1. The van der Waals surface area contributed by atoms with Crippen molar-refractivity contribution in [2.45, 2.75) is 6.92 Å². The number of aryl methyl sites for hydroxylation is 1. The molecule has 1 rings (SSSR count). The Hall–Kier alpha value is -6.35. The van der Waals surface area contributed by atoms with Crippen molar-refractivity contribution in [3.63, 3.8) is 0 Å². The molecule has 0 bridgehead atoms. The molecule has 0 fully saturated rings. The van der Waals surface area contributed by atoms with Gasteiger partial charge >= 0.3 is 5.91 Å². The summed E-state index contributed by atoms with van der Waals surface area (Å²) in [6, 6.07) is 4.82. The molecule has 0 aliphatic carbocycles. The Morgan fingerprint density at radius 1 is 0.697 bits per heavy atom. The molecule has 0 aliphatic heterocycles. The van der Waals surface area contributed by atoms with E-state index in [0.29, 0.717) is 0 Å². The minimum Gasteiger partial charge on any atom is -0.506 e. The van der Waals surface area contributed by atoms with Crippen molar-refractivity contribution in [1.82, 2.24) is 0 Å². The van der Waals surface area contributed by atoms with Gasteiger partial charge in [-0.3, -0.25) is 4.79 Å². The zero-order valence-corrected chi connectivity index (χ0v) is 17.2. The van der Waals surface area contributed by atoms with Crippen LogP contribution in [-0.4, -0.2) is 11.0 Å². The average Bonchev–Trinajstić information content (AvgIpc) is 2.80. The zero-order valence-electron chi connectivity index (χ0n) is 17.2. The van der Waals surface area contributed by atoms with Crippen LogP contribution in [0.3, 0.4) is 0 Å². The SMILES string of the molecule is C#CC#CC#CC#CC#CC#CC#CC#CC#CC#CC#CC(=O)Nc1cc(C)ccc1O. The normalized spacial score (nSPS) is 5.94. The highest BCUT2D eigenvalue weighted by molar-refractivity contribution is 6.05. The minimum absolute atomic E-state index is 0.0485. The van der Waals surface area contributed by atoms with Crippen LogP contribution in [0.25, 0.3) is 0 Å². The van der Waals surface area contributed by atoms with Gasteiger partial charge in [0.1, 0.15) is 5.75 Å². The Balaban J connectivity index is 2.48. The number of rotatable bonds is 1. The number of benzene rings is 1. The third kappa shape index (κ3) is 13.5. The Labute approximate surface area is 194 Å². The Bertz CT molecular complexity index is 1630. The average molecular weight is 415 g/mol. The topological polar surface area (TPSA) is 49.3 Å². The second-order valence-electron chi connectivity index (χ2n) is 5.12. The van der Waals surface area contributed by atoms with Crippen molar-refractivity contribution in [2.24, 2.45) is 0 Å². The summed E-state index contributed by atoms with van der Waals surface area (Å²) in [7, 11) is 0. The molecule has 146 valence electrons. The fourth-order valence-corrected chi connectivity index (χ4v) is 1.56. The van der Waals surface area contributed by atoms with E-state index in [9.17, 15) is 9.90 Å². The molecule has 0 atom stereocenters. The number of aromatic hydroxyl groups is 1. The first-order valence-corrected chi connectivity index (χ1v) is 8.70. The summed E-state index contributed by atoms with van der Waals surface area (Å²) < 4.78 is 0. The molecule has 3 heteroatoms. The van der Waals surface area contributed by atoms with E-state index in [2.05, 4.69) is 130 Å². The molecular weight excluding hydrogens is 406 g/mol. The lowest BCUT2D eigenvalue weighted by atomic mass is 10.2. The first-order chi connectivity index (χ1) is 16.1. The van der Waals surface area contributed by atoms with Crippen molar-refractivity contribution < 1.29 is 9.90 Å². The number of anilines is 1. The van der Waals surface area contributed by atoms with E-state index < -0.39 is 5.91 Å². The first kappa shape index (κ1) is 24.7. The second-order valence-corrected chi connectivity index (χ2v) is 5.12. The van der Waals surface area contributed by atoms with Crippen molar-refractivity contribution in [3.8, 4) is 137 Å². The third-order valence-corrected chi connectivity index (χ3v) is 2.77. The monoisotopic (exact) mass is 415 g/mol. The lowest BCUT2D eigenvalue weighted by Crippen LogP contribution is -2.08. The lowest BCUT2D eigenvalue weighted by molar-refractivity contribution is -0.111. The number of nitrogens with one attached hydrogen (secondary N) is 1. The van der Waals surface area contributed by atoms with Gasteiger partial charge in [0.15, 0.2) is 0 Å². The van der Waals surface area contributed by atoms with E-state index >= 15 is 0 Å². The van der Waals surface area contributed by atoms with Gasteiger partial charge in [0.25, 0.3) is 0 Å². The molecule has 33 heavy (non-hydrogen) atoms. The number of phenolic OH excluding ortho intramolecular Hbond substituents is 1. The fourth-order valence-electron chi connectivity index (χ4n) is 1.56. The summed E-state index contributed by atoms with van der Waals surface area (Å²) in [6.07, 6.45) is 4.92. The van der Waals surface area contributed by atoms with Crippen LogP contribution in [0, 0.1) is 138 Å². The quantitative estimate of drug-likeness (QED) is 0.537. The van der Waals surface area contributed by atoms with Crippen LogP contribution in [0.4, 0.5) is 5.69 Å². The molecule has 1 aromatic rings. The summed E-state index contributed by atoms with van der Waals surface area (Å²) >= 11 is 0. The van der Waals surface area contributed by atoms with Gasteiger partial charge in [0.05, 0.1) is 5.69 Å². The van der Waals surface area contributed by atoms with E-state index in [-0.39, 0.29) is 11.4 Å². The van der Waals surface area contributed by atoms with Gasteiger partial charge in [-0.15, -0.1) is 6.42 Å². The number of hydrogen-bond acceptors (Lipinski definition) is 2. The van der Waals surface area contributed by atoms with Crippen LogP contribution in [0.15, 0.2) is 18.2 Å². The maximum Gasteiger partial charge on any atom is 0.301 e. The Morgan fingerprint density at radius 2 is 1.09 bits per heavy atom. The maximum atomic E-state index is 11.7. The van der Waals surface area contributed by atoms with Crippen LogP contribution in [-0.2, 0) is 4.79 Å². The predicted octanol–water partition coefficient (Wildman–Crippen LogP) is 1.31. The van der Waals surface area contributed by atoms with Crippen LogP contribution < -0.4 is 5.32 Å². The number of phenols is 1. The van der Waals surface area contributed by atoms with E-state index in [1.165, 1.54) is 6.07 Å². The molecule has 3 nitrogen and oxygen atoms in total. The van der Waals surface area contributed by atoms with Crippen molar-refractivity contribution >= 4 is 11.6 Å². The molecular formula is C30H9NO2. The first-order valence-electron chi connectivity index (χ1n) is 8.70. The number of amides is 1. The predicted molar refractivity (Wildman–Crippen MR) is 128 cm³/mol. The van der Waals surface area contributed by atoms with Gasteiger partial charge < -0.3 is 10.4 Å². The molecule has 0 aromatic heterocycles. The molecule has 0 heterocycles. The molecule has 1 aromatic carbocycles. The summed E-state index contributed by atoms with van der Waals surface area (Å²) in [5.41, 5.74) is 1.16. The van der Waals surface area contributed by atoms with Crippen LogP contribution >= 0.6 is 0 Å². The van der Waals surface area contributed by atoms with Gasteiger partial charge in [-0.05, 0) is 119 Å². The lowest BCUT2D eigenvalue weighted by Gasteiger charge is -2.04. The molecule has 0 radical (unpaired) electrons. The van der Waals surface area contributed by atoms with Gasteiger partial charge in [0, 0.05) is 29.6 Å². The van der Waals surface area contributed by atoms with E-state index in [0.717, 1.165) is 5.56 Å². The van der Waals surface area contributed by atoms with E-state index in [1.807, 2.05) is 6.92 Å². The zero-order chi connectivity index (χ0) is 24.0. The van der Waals surface area contributed by atoms with Gasteiger partial charge in [-0.1, -0.05) is 6.07 Å². The standard InChI is InChI=1S/C30H9NO2/c1-3-4-5-6-7-8-9-10-11-12-13-14-15-16-17-18-19-20-21-22-23-30(33)31-28-26-27(2)24-25-29(28)32/h1,24-26,32H,2H3,(H,31,33). The van der Waals surface area contributed by atoms with Crippen molar-refractivity contribution in [2.75, 3.05) is 5.32 Å². The highest BCUT2D eigenvalue weighted by atomic mass is 16.3. The van der Waals surface area contributed by atoms with Gasteiger partial charge in [-0.2, -0.15) is 0 Å². The number of terminal acetylenes is 1. The van der Waals surface area contributed by atoms with Crippen molar-refractivity contribution in [1.29, 1.82) is 0 Å². The third-order valence-electron chi connectivity index (χ3n) is 2.77. The van der Waals surface area contributed by atoms with Crippen LogP contribution in [0.5, 0.6) is 5.75 Å². The summed E-state index contributed by atoms with van der Waals surface area (Å²) in [6.45, 7) is 1.83. The fraction of sp³-hybridized carbons (Fsp3) is 0.0333. The summed E-state index contributed by atoms with van der Waals surface area (Å²) in [4.78, 5) is 11.7. The van der Waals surface area contributed by atoms with E-state index in [4.69, 9.17) is 6.42 Å². The molecule has 0 aliphatic rings. The van der Waals surface area contributed by atoms with E-state index in [1.54, 1.807) is 12.1 Å². The molecule has 1 amide bonds. The Kier molecular flexibility index (Phi) is 12.4. The highest BCUT2D eigenvalue weighted by Gasteiger charge is 2.03. The minimum atomic E-state index is -0.606. The molecule has 0 saturated heterocycles. The molecule has 0 spiro atoms. The van der Waals surface area contributed by atoms with Gasteiger partial charge in [0.2, 0.25) is 0 Å². The number of hydrogen-bond donors (Lipinski definition) is 2.